The van der Waals surface area contributed by atoms with Gasteiger partial charge in [0.2, 0.25) is 0 Å². The third-order valence-corrected chi connectivity index (χ3v) is 5.18. The zero-order valence-corrected chi connectivity index (χ0v) is 13.9. The van der Waals surface area contributed by atoms with Crippen LogP contribution in [0.4, 0.5) is 13.2 Å². The summed E-state index contributed by atoms with van der Waals surface area (Å²) in [7, 11) is -3.59. The molecule has 3 heterocycles. The smallest absolute Gasteiger partial charge is 0.250 e. The van der Waals surface area contributed by atoms with Gasteiger partial charge < -0.3 is 0 Å². The maximum atomic E-state index is 12.7. The zero-order valence-electron chi connectivity index (χ0n) is 13.1. The van der Waals surface area contributed by atoms with Crippen molar-refractivity contribution < 1.29 is 21.6 Å². The van der Waals surface area contributed by atoms with Crippen LogP contribution in [0.15, 0.2) is 29.3 Å². The Balaban J connectivity index is 2.22. The van der Waals surface area contributed by atoms with Gasteiger partial charge in [0.05, 0.1) is 16.3 Å². The van der Waals surface area contributed by atoms with Gasteiger partial charge in [-0.15, -0.1) is 5.10 Å². The van der Waals surface area contributed by atoms with E-state index in [0.717, 1.165) is 4.52 Å². The molecule has 3 rings (SSSR count). The topological polar surface area (TPSA) is 90.1 Å². The van der Waals surface area contributed by atoms with E-state index in [1.54, 1.807) is 13.0 Å². The molecule has 0 aliphatic rings. The number of nitrogens with zero attached hydrogens (tertiary/aromatic N) is 5. The molecule has 0 saturated heterocycles. The Morgan fingerprint density at radius 1 is 1.12 bits per heavy atom. The first-order valence-electron chi connectivity index (χ1n) is 7.13. The lowest BCUT2D eigenvalue weighted by atomic mass is 10.2. The first-order chi connectivity index (χ1) is 11.6. The third-order valence-electron chi connectivity index (χ3n) is 3.42. The van der Waals surface area contributed by atoms with Crippen molar-refractivity contribution in [3.63, 3.8) is 0 Å². The second-order valence-electron chi connectivity index (χ2n) is 5.19. The highest BCUT2D eigenvalue weighted by atomic mass is 32.2. The van der Waals surface area contributed by atoms with Crippen LogP contribution in [-0.4, -0.2) is 38.7 Å². The monoisotopic (exact) mass is 371 g/mol. The van der Waals surface area contributed by atoms with Crippen molar-refractivity contribution in [2.75, 3.05) is 5.75 Å². The lowest BCUT2D eigenvalue weighted by Gasteiger charge is -2.09. The highest BCUT2D eigenvalue weighted by Crippen LogP contribution is 2.28. The van der Waals surface area contributed by atoms with Crippen molar-refractivity contribution in [1.29, 1.82) is 0 Å². The number of aryl methyl sites for hydroxylation is 1. The largest absolute Gasteiger partial charge is 0.453 e. The predicted octanol–water partition coefficient (Wildman–Crippen LogP) is 2.31. The molecule has 0 saturated carbocycles. The minimum Gasteiger partial charge on any atom is -0.250 e. The lowest BCUT2D eigenvalue weighted by Crippen LogP contribution is -2.08. The fourth-order valence-corrected chi connectivity index (χ4v) is 3.19. The summed E-state index contributed by atoms with van der Waals surface area (Å²) in [5, 5.41) is 3.30. The number of hydrogen-bond donors (Lipinski definition) is 0. The van der Waals surface area contributed by atoms with Gasteiger partial charge in [-0.1, -0.05) is 6.92 Å². The first-order valence-corrected chi connectivity index (χ1v) is 8.78. The van der Waals surface area contributed by atoms with E-state index in [1.807, 2.05) is 0 Å². The Morgan fingerprint density at radius 3 is 2.48 bits per heavy atom. The molecule has 11 heteroatoms. The highest BCUT2D eigenvalue weighted by molar-refractivity contribution is 7.91. The van der Waals surface area contributed by atoms with Crippen LogP contribution in [0.25, 0.3) is 17.2 Å². The van der Waals surface area contributed by atoms with E-state index in [9.17, 15) is 21.6 Å². The molecule has 0 unspecified atom stereocenters. The quantitative estimate of drug-likeness (QED) is 0.702. The molecule has 0 fully saturated rings. The van der Waals surface area contributed by atoms with Crippen LogP contribution in [0.2, 0.25) is 0 Å². The summed E-state index contributed by atoms with van der Waals surface area (Å²) in [6.07, 6.45) is -3.47. The lowest BCUT2D eigenvalue weighted by molar-refractivity contribution is -0.144. The molecule has 0 atom stereocenters. The summed E-state index contributed by atoms with van der Waals surface area (Å²) in [4.78, 5) is 11.5. The number of hydrogen-bond acceptors (Lipinski definition) is 6. The van der Waals surface area contributed by atoms with E-state index < -0.39 is 21.8 Å². The van der Waals surface area contributed by atoms with Crippen molar-refractivity contribution >= 4 is 15.6 Å². The van der Waals surface area contributed by atoms with Crippen LogP contribution in [-0.2, 0) is 16.0 Å². The Morgan fingerprint density at radius 2 is 1.84 bits per heavy atom. The highest BCUT2D eigenvalue weighted by Gasteiger charge is 2.36. The average Bonchev–Trinajstić information content (AvgIpc) is 2.98. The predicted molar refractivity (Wildman–Crippen MR) is 81.5 cm³/mol. The molecule has 0 amide bonds. The summed E-state index contributed by atoms with van der Waals surface area (Å²) < 4.78 is 63.5. The van der Waals surface area contributed by atoms with Crippen LogP contribution in [0.3, 0.4) is 0 Å². The fraction of sp³-hybridized carbons (Fsp3) is 0.286. The number of sulfone groups is 1. The van der Waals surface area contributed by atoms with Gasteiger partial charge >= 0.3 is 6.18 Å². The van der Waals surface area contributed by atoms with Gasteiger partial charge in [-0.25, -0.2) is 17.9 Å². The maximum Gasteiger partial charge on any atom is 0.453 e. The molecule has 0 N–H and O–H groups in total. The Labute approximate surface area is 140 Å². The summed E-state index contributed by atoms with van der Waals surface area (Å²) in [5.74, 6) is -1.76. The molecule has 132 valence electrons. The number of rotatable bonds is 3. The van der Waals surface area contributed by atoms with Crippen LogP contribution in [0.1, 0.15) is 18.4 Å². The van der Waals surface area contributed by atoms with Crippen LogP contribution in [0, 0.1) is 6.92 Å². The van der Waals surface area contributed by atoms with E-state index in [2.05, 4.69) is 20.1 Å². The molecule has 25 heavy (non-hydrogen) atoms. The molecule has 3 aromatic rings. The minimum absolute atomic E-state index is 0.0342. The van der Waals surface area contributed by atoms with E-state index in [-0.39, 0.29) is 27.8 Å². The summed E-state index contributed by atoms with van der Waals surface area (Å²) in [5.41, 5.74) is 0.717. The molecule has 0 aliphatic carbocycles. The number of halogens is 3. The number of pyridine rings is 1. The van der Waals surface area contributed by atoms with Crippen molar-refractivity contribution in [3.8, 4) is 11.4 Å². The number of alkyl halides is 3. The Kier molecular flexibility index (Phi) is 3.98. The van der Waals surface area contributed by atoms with E-state index >= 15 is 0 Å². The van der Waals surface area contributed by atoms with Gasteiger partial charge in [-0.05, 0) is 25.1 Å². The zero-order chi connectivity index (χ0) is 18.4. The second-order valence-corrected chi connectivity index (χ2v) is 7.44. The first kappa shape index (κ1) is 17.3. The van der Waals surface area contributed by atoms with E-state index in [1.165, 1.54) is 25.3 Å². The molecule has 0 spiro atoms. The van der Waals surface area contributed by atoms with Gasteiger partial charge in [0, 0.05) is 11.9 Å². The second kappa shape index (κ2) is 5.76. The normalized spacial score (nSPS) is 12.7. The standard InChI is InChI=1S/C14H12F3N5O2S/c1-3-25(23,24)10-5-4-8(2)18-11(10)9-6-7-22-13(19-9)20-12(21-22)14(15,16)17/h4-7H,3H2,1-2H3. The number of fused-ring (bicyclic) bond motifs is 1. The van der Waals surface area contributed by atoms with Gasteiger partial charge in [0.1, 0.15) is 5.69 Å². The van der Waals surface area contributed by atoms with Gasteiger partial charge in [-0.2, -0.15) is 18.2 Å². The Hall–Kier alpha value is -2.56. The molecule has 0 bridgehead atoms. The molecule has 0 aromatic carbocycles. The Bertz CT molecular complexity index is 1060. The van der Waals surface area contributed by atoms with E-state index in [0.29, 0.717) is 5.69 Å². The van der Waals surface area contributed by atoms with E-state index in [4.69, 9.17) is 0 Å². The van der Waals surface area contributed by atoms with Crippen molar-refractivity contribution in [2.24, 2.45) is 0 Å². The molecule has 3 aromatic heterocycles. The maximum absolute atomic E-state index is 12.7. The number of aromatic nitrogens is 5. The van der Waals surface area contributed by atoms with Gasteiger partial charge in [0.25, 0.3) is 11.6 Å². The molecule has 0 radical (unpaired) electrons. The van der Waals surface area contributed by atoms with Gasteiger partial charge in [-0.3, -0.25) is 4.98 Å². The molecule has 7 nitrogen and oxygen atoms in total. The SMILES string of the molecule is CCS(=O)(=O)c1ccc(C)nc1-c1ccn2nc(C(F)(F)F)nc2n1. The average molecular weight is 371 g/mol. The summed E-state index contributed by atoms with van der Waals surface area (Å²) >= 11 is 0. The molecular formula is C14H12F3N5O2S. The fourth-order valence-electron chi connectivity index (χ4n) is 2.16. The molecule has 0 aliphatic heterocycles. The summed E-state index contributed by atoms with van der Waals surface area (Å²) in [6.45, 7) is 3.16. The van der Waals surface area contributed by atoms with Crippen molar-refractivity contribution in [3.05, 3.63) is 35.9 Å². The van der Waals surface area contributed by atoms with Crippen molar-refractivity contribution in [2.45, 2.75) is 24.9 Å². The van der Waals surface area contributed by atoms with Gasteiger partial charge in [0.15, 0.2) is 9.84 Å². The van der Waals surface area contributed by atoms with Crippen LogP contribution in [0.5, 0.6) is 0 Å². The minimum atomic E-state index is -4.70. The van der Waals surface area contributed by atoms with Crippen LogP contribution < -0.4 is 0 Å². The van der Waals surface area contributed by atoms with Crippen LogP contribution >= 0.6 is 0 Å². The third kappa shape index (κ3) is 3.18. The molecular weight excluding hydrogens is 359 g/mol. The summed E-state index contributed by atoms with van der Waals surface area (Å²) in [6, 6.07) is 4.30. The van der Waals surface area contributed by atoms with Crippen molar-refractivity contribution in [1.82, 2.24) is 24.6 Å².